The zero-order valence-electron chi connectivity index (χ0n) is 11.2. The molecule has 1 aromatic rings. The highest BCUT2D eigenvalue weighted by Gasteiger charge is 2.12. The number of carbonyl (C=O) groups is 2. The molecule has 19 heavy (non-hydrogen) atoms. The molecule has 104 valence electrons. The van der Waals surface area contributed by atoms with Gasteiger partial charge < -0.3 is 9.64 Å². The van der Waals surface area contributed by atoms with Gasteiger partial charge in [-0.05, 0) is 24.6 Å². The SMILES string of the molecule is CCOC(=O)CCN(C)C(=O)Cc1cccc(F)c1. The van der Waals surface area contributed by atoms with E-state index in [1.54, 1.807) is 26.1 Å². The Morgan fingerprint density at radius 1 is 1.37 bits per heavy atom. The van der Waals surface area contributed by atoms with Gasteiger partial charge in [-0.2, -0.15) is 0 Å². The summed E-state index contributed by atoms with van der Waals surface area (Å²) in [7, 11) is 1.61. The third kappa shape index (κ3) is 5.50. The zero-order chi connectivity index (χ0) is 14.3. The van der Waals surface area contributed by atoms with Crippen molar-refractivity contribution in [2.75, 3.05) is 20.2 Å². The number of nitrogens with zero attached hydrogens (tertiary/aromatic N) is 1. The number of benzene rings is 1. The third-order valence-electron chi connectivity index (χ3n) is 2.63. The summed E-state index contributed by atoms with van der Waals surface area (Å²) in [4.78, 5) is 24.5. The molecule has 1 aromatic carbocycles. The second-order valence-corrected chi connectivity index (χ2v) is 4.18. The van der Waals surface area contributed by atoms with Gasteiger partial charge in [0.25, 0.3) is 0 Å². The van der Waals surface area contributed by atoms with E-state index >= 15 is 0 Å². The molecule has 0 saturated carbocycles. The number of amides is 1. The lowest BCUT2D eigenvalue weighted by atomic mass is 10.1. The molecule has 0 bridgehead atoms. The number of carbonyl (C=O) groups excluding carboxylic acids is 2. The van der Waals surface area contributed by atoms with Crippen LogP contribution >= 0.6 is 0 Å². The van der Waals surface area contributed by atoms with E-state index in [2.05, 4.69) is 0 Å². The Kier molecular flexibility index (Phi) is 5.99. The minimum atomic E-state index is -0.362. The Morgan fingerprint density at radius 3 is 2.74 bits per heavy atom. The maximum Gasteiger partial charge on any atom is 0.307 e. The van der Waals surface area contributed by atoms with Gasteiger partial charge in [0.15, 0.2) is 0 Å². The molecular weight excluding hydrogens is 249 g/mol. The zero-order valence-corrected chi connectivity index (χ0v) is 11.2. The van der Waals surface area contributed by atoms with Crippen LogP contribution in [-0.4, -0.2) is 37.0 Å². The topological polar surface area (TPSA) is 46.6 Å². The Bertz CT molecular complexity index is 448. The summed E-state index contributed by atoms with van der Waals surface area (Å²) in [6.45, 7) is 2.36. The van der Waals surface area contributed by atoms with Crippen LogP contribution in [0.5, 0.6) is 0 Å². The molecule has 0 aliphatic rings. The van der Waals surface area contributed by atoms with Crippen LogP contribution in [0.1, 0.15) is 18.9 Å². The Morgan fingerprint density at radius 2 is 2.11 bits per heavy atom. The van der Waals surface area contributed by atoms with Crippen LogP contribution in [0.3, 0.4) is 0 Å². The van der Waals surface area contributed by atoms with Crippen molar-refractivity contribution in [2.45, 2.75) is 19.8 Å². The summed E-state index contributed by atoms with van der Waals surface area (Å²) in [5.41, 5.74) is 0.619. The molecule has 0 saturated heterocycles. The minimum absolute atomic E-state index is 0.122. The van der Waals surface area contributed by atoms with Crippen molar-refractivity contribution in [3.05, 3.63) is 35.6 Å². The molecule has 0 atom stereocenters. The van der Waals surface area contributed by atoms with Crippen molar-refractivity contribution in [3.8, 4) is 0 Å². The summed E-state index contributed by atoms with van der Waals surface area (Å²) >= 11 is 0. The first-order chi connectivity index (χ1) is 9.02. The van der Waals surface area contributed by atoms with Crippen molar-refractivity contribution in [1.82, 2.24) is 4.90 Å². The number of ether oxygens (including phenoxy) is 1. The van der Waals surface area contributed by atoms with Gasteiger partial charge in [0.1, 0.15) is 5.82 Å². The van der Waals surface area contributed by atoms with Gasteiger partial charge in [0.05, 0.1) is 19.4 Å². The number of hydrogen-bond donors (Lipinski definition) is 0. The number of likely N-dealkylation sites (N-methyl/N-ethyl adjacent to an activating group) is 1. The van der Waals surface area contributed by atoms with Crippen LogP contribution < -0.4 is 0 Å². The van der Waals surface area contributed by atoms with Crippen LogP contribution in [-0.2, 0) is 20.7 Å². The average molecular weight is 267 g/mol. The Balaban J connectivity index is 2.42. The quantitative estimate of drug-likeness (QED) is 0.738. The first kappa shape index (κ1) is 15.1. The predicted molar refractivity (Wildman–Crippen MR) is 69.0 cm³/mol. The minimum Gasteiger partial charge on any atom is -0.466 e. The first-order valence-corrected chi connectivity index (χ1v) is 6.17. The molecule has 5 heteroatoms. The third-order valence-corrected chi connectivity index (χ3v) is 2.63. The van der Waals surface area contributed by atoms with Crippen LogP contribution in [0.4, 0.5) is 4.39 Å². The van der Waals surface area contributed by atoms with E-state index in [0.29, 0.717) is 18.7 Å². The maximum absolute atomic E-state index is 13.0. The summed E-state index contributed by atoms with van der Waals surface area (Å²) in [5.74, 6) is -0.845. The molecule has 0 spiro atoms. The van der Waals surface area contributed by atoms with Crippen LogP contribution in [0, 0.1) is 5.82 Å². The Labute approximate surface area is 112 Å². The van der Waals surface area contributed by atoms with Gasteiger partial charge in [0, 0.05) is 13.6 Å². The fourth-order valence-corrected chi connectivity index (χ4v) is 1.57. The molecule has 0 radical (unpaired) electrons. The lowest BCUT2D eigenvalue weighted by molar-refractivity contribution is -0.143. The fraction of sp³-hybridized carbons (Fsp3) is 0.429. The predicted octanol–water partition coefficient (Wildman–Crippen LogP) is 1.78. The lowest BCUT2D eigenvalue weighted by Crippen LogP contribution is -2.30. The molecule has 0 fully saturated rings. The molecule has 0 heterocycles. The fourth-order valence-electron chi connectivity index (χ4n) is 1.57. The maximum atomic E-state index is 13.0. The van der Waals surface area contributed by atoms with E-state index < -0.39 is 0 Å². The van der Waals surface area contributed by atoms with E-state index in [9.17, 15) is 14.0 Å². The molecule has 4 nitrogen and oxygen atoms in total. The van der Waals surface area contributed by atoms with Crippen LogP contribution in [0.2, 0.25) is 0 Å². The van der Waals surface area contributed by atoms with Crippen LogP contribution in [0.25, 0.3) is 0 Å². The smallest absolute Gasteiger partial charge is 0.307 e. The second kappa shape index (κ2) is 7.51. The molecule has 0 unspecified atom stereocenters. The molecule has 0 aromatic heterocycles. The van der Waals surface area contributed by atoms with E-state index in [1.165, 1.54) is 17.0 Å². The van der Waals surface area contributed by atoms with E-state index in [0.717, 1.165) is 0 Å². The van der Waals surface area contributed by atoms with Gasteiger partial charge in [-0.15, -0.1) is 0 Å². The van der Waals surface area contributed by atoms with Crippen molar-refractivity contribution >= 4 is 11.9 Å². The number of hydrogen-bond acceptors (Lipinski definition) is 3. The summed E-state index contributed by atoms with van der Waals surface area (Å²) in [6, 6.07) is 5.92. The molecule has 1 amide bonds. The van der Waals surface area contributed by atoms with E-state index in [1.807, 2.05) is 0 Å². The van der Waals surface area contributed by atoms with Gasteiger partial charge in [-0.1, -0.05) is 12.1 Å². The van der Waals surface area contributed by atoms with Gasteiger partial charge >= 0.3 is 5.97 Å². The van der Waals surface area contributed by atoms with E-state index in [-0.39, 0.29) is 30.5 Å². The Hall–Kier alpha value is -1.91. The summed E-state index contributed by atoms with van der Waals surface area (Å²) in [5, 5.41) is 0. The van der Waals surface area contributed by atoms with Crippen molar-refractivity contribution < 1.29 is 18.7 Å². The second-order valence-electron chi connectivity index (χ2n) is 4.18. The van der Waals surface area contributed by atoms with E-state index in [4.69, 9.17) is 4.74 Å². The van der Waals surface area contributed by atoms with Gasteiger partial charge in [-0.25, -0.2) is 4.39 Å². The van der Waals surface area contributed by atoms with Crippen molar-refractivity contribution in [3.63, 3.8) is 0 Å². The highest BCUT2D eigenvalue weighted by molar-refractivity contribution is 5.79. The number of halogens is 1. The van der Waals surface area contributed by atoms with Crippen molar-refractivity contribution in [1.29, 1.82) is 0 Å². The largest absolute Gasteiger partial charge is 0.466 e. The standard InChI is InChI=1S/C14H18FNO3/c1-3-19-14(18)7-8-16(2)13(17)10-11-5-4-6-12(15)9-11/h4-6,9H,3,7-8,10H2,1-2H3. The monoisotopic (exact) mass is 267 g/mol. The summed E-state index contributed by atoms with van der Waals surface area (Å²) < 4.78 is 17.8. The van der Waals surface area contributed by atoms with Crippen molar-refractivity contribution in [2.24, 2.45) is 0 Å². The highest BCUT2D eigenvalue weighted by atomic mass is 19.1. The molecular formula is C14H18FNO3. The molecule has 0 aliphatic carbocycles. The molecule has 1 rings (SSSR count). The van der Waals surface area contributed by atoms with Gasteiger partial charge in [0.2, 0.25) is 5.91 Å². The number of esters is 1. The lowest BCUT2D eigenvalue weighted by Gasteiger charge is -2.16. The van der Waals surface area contributed by atoms with Crippen LogP contribution in [0.15, 0.2) is 24.3 Å². The highest BCUT2D eigenvalue weighted by Crippen LogP contribution is 2.06. The summed E-state index contributed by atoms with van der Waals surface area (Å²) in [6.07, 6.45) is 0.288. The normalized spacial score (nSPS) is 10.1. The number of rotatable bonds is 6. The average Bonchev–Trinajstić information content (AvgIpc) is 2.36. The molecule has 0 N–H and O–H groups in total. The molecule has 0 aliphatic heterocycles. The van der Waals surface area contributed by atoms with Gasteiger partial charge in [-0.3, -0.25) is 9.59 Å². The first-order valence-electron chi connectivity index (χ1n) is 6.17.